The number of nitrogens with zero attached hydrogens (tertiary/aromatic N) is 9. The fourth-order valence-corrected chi connectivity index (χ4v) is 8.20. The van der Waals surface area contributed by atoms with Gasteiger partial charge in [0.15, 0.2) is 23.0 Å². The highest BCUT2D eigenvalue weighted by molar-refractivity contribution is 7.98. The lowest BCUT2D eigenvalue weighted by Crippen LogP contribution is -2.37. The van der Waals surface area contributed by atoms with Gasteiger partial charge in [-0.25, -0.2) is 18.7 Å². The van der Waals surface area contributed by atoms with Crippen molar-refractivity contribution in [2.45, 2.75) is 65.2 Å². The van der Waals surface area contributed by atoms with E-state index >= 15 is 8.78 Å². The van der Waals surface area contributed by atoms with Crippen molar-refractivity contribution >= 4 is 69.4 Å². The molecule has 0 aliphatic carbocycles. The number of thioether (sulfide) groups is 1. The van der Waals surface area contributed by atoms with Crippen molar-refractivity contribution in [3.05, 3.63) is 82.0 Å². The van der Waals surface area contributed by atoms with E-state index < -0.39 is 35.3 Å². The number of nitrogens with one attached hydrogen (secondary N) is 2. The van der Waals surface area contributed by atoms with Crippen molar-refractivity contribution in [1.82, 2.24) is 43.6 Å². The van der Waals surface area contributed by atoms with Crippen molar-refractivity contribution in [2.24, 2.45) is 11.5 Å². The summed E-state index contributed by atoms with van der Waals surface area (Å²) in [5, 5.41) is 13.8. The zero-order chi connectivity index (χ0) is 45.8. The van der Waals surface area contributed by atoms with Crippen LogP contribution in [0.1, 0.15) is 73.3 Å². The first-order chi connectivity index (χ1) is 30.7. The van der Waals surface area contributed by atoms with Crippen LogP contribution in [0, 0.1) is 25.5 Å². The molecule has 19 nitrogen and oxygen atoms in total. The molecule has 0 spiro atoms. The van der Waals surface area contributed by atoms with Gasteiger partial charge in [-0.15, -0.1) is 11.8 Å². The van der Waals surface area contributed by atoms with Crippen molar-refractivity contribution in [1.29, 1.82) is 0 Å². The zero-order valence-electron chi connectivity index (χ0n) is 36.0. The molecule has 22 heteroatoms. The minimum atomic E-state index is -0.801. The van der Waals surface area contributed by atoms with E-state index in [1.807, 2.05) is 6.26 Å². The average molecular weight is 902 g/mol. The molecule has 1 saturated heterocycles. The number of morpholine rings is 1. The minimum absolute atomic E-state index is 0.0138. The smallest absolute Gasteiger partial charge is 0.279 e. The summed E-state index contributed by atoms with van der Waals surface area (Å²) in [4.78, 5) is 64.5. The van der Waals surface area contributed by atoms with Crippen molar-refractivity contribution in [2.75, 3.05) is 56.3 Å². The number of rotatable bonds is 18. The monoisotopic (exact) mass is 901 g/mol. The average Bonchev–Trinajstić information content (AvgIpc) is 3.99. The number of fused-ring (bicyclic) bond motifs is 2. The molecule has 0 radical (unpaired) electrons. The molecule has 0 atom stereocenters. The fourth-order valence-electron chi connectivity index (χ4n) is 7.54. The molecular weight excluding hydrogens is 853 g/mol. The van der Waals surface area contributed by atoms with Crippen LogP contribution in [-0.2, 0) is 30.9 Å². The number of anilines is 2. The van der Waals surface area contributed by atoms with E-state index in [0.29, 0.717) is 41.1 Å². The molecule has 338 valence electrons. The normalized spacial score (nSPS) is 13.4. The van der Waals surface area contributed by atoms with E-state index in [9.17, 15) is 19.2 Å². The standard InChI is InChI=1S/C42H49F2N13O6S/c1-6-56-35(31(43)23(3)51-56)39(60)49-41-47-27-19-25(37(45)58)21-29(63-16-10-11-53-14-17-62-18-15-53)33(27)54(41)12-8-9-13-55-34-28(20-26(38(46)59)22-30(34)64-5)48-42(55)50-40(61)36-32(44)24(4)52-57(36)7-2/h8-9,19-22H,6-7,10-18H2,1-5H3,(H2,45,58)(H2,46,59)(H,47,49,60)(H,48,50,61). The Kier molecular flexibility index (Phi) is 13.7. The van der Waals surface area contributed by atoms with E-state index in [2.05, 4.69) is 35.7 Å². The van der Waals surface area contributed by atoms with Gasteiger partial charge in [-0.2, -0.15) is 10.2 Å². The van der Waals surface area contributed by atoms with Crippen LogP contribution in [0.4, 0.5) is 20.7 Å². The van der Waals surface area contributed by atoms with Gasteiger partial charge in [-0.05, 0) is 64.6 Å². The quantitative estimate of drug-likeness (QED) is 0.0530. The largest absolute Gasteiger partial charge is 0.491 e. The molecule has 1 aliphatic rings. The molecular formula is C42H49F2N13O6S. The number of amides is 4. The summed E-state index contributed by atoms with van der Waals surface area (Å²) in [6.45, 7) is 10.9. The molecule has 0 unspecified atom stereocenters. The maximum atomic E-state index is 15.3. The third-order valence-corrected chi connectivity index (χ3v) is 11.5. The second-order valence-electron chi connectivity index (χ2n) is 14.9. The highest BCUT2D eigenvalue weighted by Gasteiger charge is 2.27. The number of nitrogens with two attached hydrogens (primary N) is 2. The maximum Gasteiger partial charge on any atom is 0.279 e. The van der Waals surface area contributed by atoms with Gasteiger partial charge in [0, 0.05) is 61.8 Å². The van der Waals surface area contributed by atoms with Gasteiger partial charge in [-0.3, -0.25) is 44.1 Å². The molecule has 6 N–H and O–H groups in total. The van der Waals surface area contributed by atoms with Gasteiger partial charge < -0.3 is 30.1 Å². The molecule has 4 amide bonds. The molecule has 64 heavy (non-hydrogen) atoms. The second-order valence-corrected chi connectivity index (χ2v) is 15.7. The second kappa shape index (κ2) is 19.4. The van der Waals surface area contributed by atoms with E-state index in [-0.39, 0.29) is 89.9 Å². The Morgan fingerprint density at radius 2 is 1.30 bits per heavy atom. The zero-order valence-corrected chi connectivity index (χ0v) is 36.9. The molecule has 5 heterocycles. The number of carbonyl (C=O) groups excluding carboxylic acids is 4. The molecule has 1 aliphatic heterocycles. The SMILES string of the molecule is CCn1nc(C)c(F)c1C(=O)Nc1nc2cc(C(N)=O)cc(OCCCN3CCOCC3)c2n1CC=CCn1c(NC(=O)c2c(F)c(C)nn2CC)nc2cc(C(N)=O)cc(SC)c21. The number of ether oxygens (including phenoxy) is 2. The van der Waals surface area contributed by atoms with Gasteiger partial charge >= 0.3 is 0 Å². The van der Waals surface area contributed by atoms with Gasteiger partial charge in [-0.1, -0.05) is 12.2 Å². The maximum absolute atomic E-state index is 15.3. The lowest BCUT2D eigenvalue weighted by Gasteiger charge is -2.26. The number of allylic oxidation sites excluding steroid dienone is 2. The Morgan fingerprint density at radius 1 is 0.797 bits per heavy atom. The van der Waals surface area contributed by atoms with Crippen molar-refractivity contribution in [3.63, 3.8) is 0 Å². The molecule has 6 aromatic rings. The molecule has 7 rings (SSSR count). The number of hydrogen-bond acceptors (Lipinski definition) is 12. The van der Waals surface area contributed by atoms with E-state index in [0.717, 1.165) is 19.6 Å². The Labute approximate surface area is 370 Å². The predicted octanol–water partition coefficient (Wildman–Crippen LogP) is 4.50. The Hall–Kier alpha value is -6.65. The number of imidazole rings is 2. The first-order valence-electron chi connectivity index (χ1n) is 20.6. The summed E-state index contributed by atoms with van der Waals surface area (Å²) in [5.41, 5.74) is 12.9. The van der Waals surface area contributed by atoms with Crippen LogP contribution in [-0.4, -0.2) is 113 Å². The summed E-state index contributed by atoms with van der Waals surface area (Å²) in [6, 6.07) is 6.15. The van der Waals surface area contributed by atoms with E-state index in [1.165, 1.54) is 53.2 Å². The van der Waals surface area contributed by atoms with Crippen LogP contribution < -0.4 is 26.8 Å². The Morgan fingerprint density at radius 3 is 1.80 bits per heavy atom. The van der Waals surface area contributed by atoms with Crippen molar-refractivity contribution in [3.8, 4) is 5.75 Å². The van der Waals surface area contributed by atoms with Gasteiger partial charge in [0.2, 0.25) is 23.7 Å². The number of benzene rings is 2. The van der Waals surface area contributed by atoms with Crippen LogP contribution in [0.5, 0.6) is 5.75 Å². The number of aryl methyl sites for hydroxylation is 4. The summed E-state index contributed by atoms with van der Waals surface area (Å²) in [5.74, 6) is -4.16. The fraction of sp³-hybridized carbons (Fsp3) is 0.381. The molecule has 0 saturated carbocycles. The topological polar surface area (TPSA) is 237 Å². The van der Waals surface area contributed by atoms with Crippen LogP contribution in [0.3, 0.4) is 0 Å². The van der Waals surface area contributed by atoms with Gasteiger partial charge in [0.1, 0.15) is 11.3 Å². The van der Waals surface area contributed by atoms with Crippen LogP contribution in [0.2, 0.25) is 0 Å². The summed E-state index contributed by atoms with van der Waals surface area (Å²) in [6.07, 6.45) is 6.02. The Balaban J connectivity index is 1.27. The number of halogens is 2. The first kappa shape index (κ1) is 45.4. The number of carbonyl (C=O) groups is 4. The number of hydrogen-bond donors (Lipinski definition) is 4. The minimum Gasteiger partial charge on any atom is -0.491 e. The summed E-state index contributed by atoms with van der Waals surface area (Å²) >= 11 is 1.33. The summed E-state index contributed by atoms with van der Waals surface area (Å²) < 4.78 is 48.2. The molecule has 4 aromatic heterocycles. The van der Waals surface area contributed by atoms with Crippen LogP contribution in [0.15, 0.2) is 41.3 Å². The Bertz CT molecular complexity index is 2800. The predicted molar refractivity (Wildman–Crippen MR) is 236 cm³/mol. The summed E-state index contributed by atoms with van der Waals surface area (Å²) in [7, 11) is 0. The first-order valence-corrected chi connectivity index (χ1v) is 21.8. The van der Waals surface area contributed by atoms with Gasteiger partial charge in [0.05, 0.1) is 47.8 Å². The lowest BCUT2D eigenvalue weighted by molar-refractivity contribution is 0.0358. The van der Waals surface area contributed by atoms with Crippen molar-refractivity contribution < 1.29 is 37.4 Å². The van der Waals surface area contributed by atoms with Gasteiger partial charge in [0.25, 0.3) is 11.8 Å². The highest BCUT2D eigenvalue weighted by Crippen LogP contribution is 2.33. The third kappa shape index (κ3) is 9.19. The highest BCUT2D eigenvalue weighted by atomic mass is 32.2. The molecule has 2 aromatic carbocycles. The van der Waals surface area contributed by atoms with Crippen LogP contribution in [0.25, 0.3) is 22.1 Å². The van der Waals surface area contributed by atoms with Crippen LogP contribution >= 0.6 is 11.8 Å². The number of aromatic nitrogens is 8. The third-order valence-electron chi connectivity index (χ3n) is 10.7. The van der Waals surface area contributed by atoms with E-state index in [4.69, 9.17) is 20.9 Å². The van der Waals surface area contributed by atoms with E-state index in [1.54, 1.807) is 41.2 Å². The molecule has 1 fully saturated rings. The molecule has 0 bridgehead atoms. The lowest BCUT2D eigenvalue weighted by atomic mass is 10.1. The number of primary amides is 2.